The van der Waals surface area contributed by atoms with E-state index in [1.165, 1.54) is 18.5 Å². The topological polar surface area (TPSA) is 51.4 Å². The molecule has 2 fully saturated rings. The van der Waals surface area contributed by atoms with Crippen molar-refractivity contribution in [3.05, 3.63) is 30.1 Å². The van der Waals surface area contributed by atoms with E-state index >= 15 is 0 Å². The first-order valence-electron chi connectivity index (χ1n) is 7.27. The molecule has 0 bridgehead atoms. The second-order valence-corrected chi connectivity index (χ2v) is 5.77. The van der Waals surface area contributed by atoms with E-state index in [0.29, 0.717) is 5.92 Å². The van der Waals surface area contributed by atoms with Gasteiger partial charge in [0.2, 0.25) is 0 Å². The van der Waals surface area contributed by atoms with Gasteiger partial charge >= 0.3 is 0 Å². The Hall–Kier alpha value is -0.970. The summed E-state index contributed by atoms with van der Waals surface area (Å²) in [6.45, 7) is 5.79. The number of pyridine rings is 1. The van der Waals surface area contributed by atoms with Crippen molar-refractivity contribution in [2.75, 3.05) is 39.4 Å². The van der Waals surface area contributed by atoms with E-state index in [2.05, 4.69) is 22.0 Å². The van der Waals surface area contributed by atoms with Crippen LogP contribution in [0.3, 0.4) is 0 Å². The zero-order valence-corrected chi connectivity index (χ0v) is 11.4. The van der Waals surface area contributed by atoms with Gasteiger partial charge in [-0.25, -0.2) is 0 Å². The molecule has 104 valence electrons. The smallest absolute Gasteiger partial charge is 0.0622 e. The van der Waals surface area contributed by atoms with E-state index in [9.17, 15) is 0 Å². The van der Waals surface area contributed by atoms with E-state index in [1.54, 1.807) is 0 Å². The highest BCUT2D eigenvalue weighted by molar-refractivity contribution is 5.22. The normalized spacial score (nSPS) is 24.1. The van der Waals surface area contributed by atoms with Gasteiger partial charge in [0.1, 0.15) is 0 Å². The maximum absolute atomic E-state index is 5.64. The Morgan fingerprint density at radius 1 is 1.32 bits per heavy atom. The van der Waals surface area contributed by atoms with E-state index in [4.69, 9.17) is 10.5 Å². The Morgan fingerprint density at radius 3 is 2.63 bits per heavy atom. The SMILES string of the molecule is NCCN1CCC(C2(c3ccccn3)COC2)CC1. The lowest BCUT2D eigenvalue weighted by atomic mass is 9.67. The Kier molecular flexibility index (Phi) is 3.82. The Morgan fingerprint density at radius 2 is 2.11 bits per heavy atom. The molecule has 2 saturated heterocycles. The summed E-state index contributed by atoms with van der Waals surface area (Å²) in [5.41, 5.74) is 7.03. The lowest BCUT2D eigenvalue weighted by Gasteiger charge is -2.49. The van der Waals surface area contributed by atoms with Crippen LogP contribution >= 0.6 is 0 Å². The summed E-state index contributed by atoms with van der Waals surface area (Å²) < 4.78 is 5.55. The zero-order valence-electron chi connectivity index (χ0n) is 11.4. The molecule has 0 aromatic carbocycles. The Labute approximate surface area is 115 Å². The van der Waals surface area contributed by atoms with E-state index < -0.39 is 0 Å². The van der Waals surface area contributed by atoms with E-state index in [0.717, 1.165) is 39.4 Å². The van der Waals surface area contributed by atoms with Crippen molar-refractivity contribution in [2.45, 2.75) is 18.3 Å². The largest absolute Gasteiger partial charge is 0.379 e. The summed E-state index contributed by atoms with van der Waals surface area (Å²) >= 11 is 0. The van der Waals surface area contributed by atoms with E-state index in [-0.39, 0.29) is 5.41 Å². The predicted octanol–water partition coefficient (Wildman–Crippen LogP) is 1.02. The first-order valence-corrected chi connectivity index (χ1v) is 7.27. The molecule has 0 spiro atoms. The summed E-state index contributed by atoms with van der Waals surface area (Å²) in [4.78, 5) is 7.06. The fourth-order valence-corrected chi connectivity index (χ4v) is 3.46. The second-order valence-electron chi connectivity index (χ2n) is 5.77. The maximum Gasteiger partial charge on any atom is 0.0622 e. The third-order valence-electron chi connectivity index (χ3n) is 4.71. The summed E-state index contributed by atoms with van der Waals surface area (Å²) in [7, 11) is 0. The van der Waals surface area contributed by atoms with Crippen LogP contribution in [0.25, 0.3) is 0 Å². The van der Waals surface area contributed by atoms with Gasteiger partial charge in [0.15, 0.2) is 0 Å². The van der Waals surface area contributed by atoms with Crippen molar-refractivity contribution in [1.29, 1.82) is 0 Å². The molecule has 0 unspecified atom stereocenters. The maximum atomic E-state index is 5.64. The molecule has 0 aliphatic carbocycles. The number of likely N-dealkylation sites (tertiary alicyclic amines) is 1. The highest BCUT2D eigenvalue weighted by Crippen LogP contribution is 2.43. The molecule has 1 aromatic heterocycles. The zero-order chi connectivity index (χ0) is 13.1. The van der Waals surface area contributed by atoms with Crippen LogP contribution in [0.5, 0.6) is 0 Å². The molecule has 2 aliphatic rings. The summed E-state index contributed by atoms with van der Waals surface area (Å²) in [6, 6.07) is 6.24. The van der Waals surface area contributed by atoms with Gasteiger partial charge in [-0.2, -0.15) is 0 Å². The van der Waals surface area contributed by atoms with Crippen LogP contribution in [-0.4, -0.2) is 49.3 Å². The molecule has 1 aromatic rings. The van der Waals surface area contributed by atoms with Crippen LogP contribution in [-0.2, 0) is 10.2 Å². The molecule has 3 heterocycles. The van der Waals surface area contributed by atoms with Crippen LogP contribution in [0.15, 0.2) is 24.4 Å². The van der Waals surface area contributed by atoms with Crippen LogP contribution in [0.2, 0.25) is 0 Å². The van der Waals surface area contributed by atoms with Gasteiger partial charge in [-0.3, -0.25) is 4.98 Å². The van der Waals surface area contributed by atoms with Gasteiger partial charge in [-0.15, -0.1) is 0 Å². The monoisotopic (exact) mass is 261 g/mol. The minimum Gasteiger partial charge on any atom is -0.379 e. The first kappa shape index (κ1) is 13.0. The highest BCUT2D eigenvalue weighted by atomic mass is 16.5. The molecular formula is C15H23N3O. The number of hydrogen-bond donors (Lipinski definition) is 1. The van der Waals surface area contributed by atoms with Gasteiger partial charge in [0.25, 0.3) is 0 Å². The van der Waals surface area contributed by atoms with E-state index in [1.807, 2.05) is 12.3 Å². The lowest BCUT2D eigenvalue weighted by molar-refractivity contribution is -0.104. The van der Waals surface area contributed by atoms with Crippen molar-refractivity contribution < 1.29 is 4.74 Å². The van der Waals surface area contributed by atoms with Gasteiger partial charge < -0.3 is 15.4 Å². The number of aromatic nitrogens is 1. The molecule has 4 nitrogen and oxygen atoms in total. The predicted molar refractivity (Wildman–Crippen MR) is 75.0 cm³/mol. The molecule has 0 saturated carbocycles. The fourth-order valence-electron chi connectivity index (χ4n) is 3.46. The Bertz CT molecular complexity index is 397. The molecule has 19 heavy (non-hydrogen) atoms. The third kappa shape index (κ3) is 2.40. The van der Waals surface area contributed by atoms with Crippen molar-refractivity contribution in [3.8, 4) is 0 Å². The number of rotatable bonds is 4. The fraction of sp³-hybridized carbons (Fsp3) is 0.667. The number of hydrogen-bond acceptors (Lipinski definition) is 4. The van der Waals surface area contributed by atoms with Gasteiger partial charge in [-0.1, -0.05) is 6.07 Å². The molecule has 4 heteroatoms. The molecule has 2 aliphatic heterocycles. The van der Waals surface area contributed by atoms with Crippen molar-refractivity contribution >= 4 is 0 Å². The number of piperidine rings is 1. The molecule has 2 N–H and O–H groups in total. The summed E-state index contributed by atoms with van der Waals surface area (Å²) in [5, 5.41) is 0. The quantitative estimate of drug-likeness (QED) is 0.879. The molecule has 0 amide bonds. The first-order chi connectivity index (χ1) is 9.35. The van der Waals surface area contributed by atoms with Crippen LogP contribution < -0.4 is 5.73 Å². The third-order valence-corrected chi connectivity index (χ3v) is 4.71. The second kappa shape index (κ2) is 5.57. The molecular weight excluding hydrogens is 238 g/mol. The standard InChI is InChI=1S/C15H23N3O/c16-6-10-18-8-4-13(5-9-18)15(11-19-12-15)14-3-1-2-7-17-14/h1-3,7,13H,4-6,8-12,16H2. The Balaban J connectivity index is 1.70. The number of nitrogens with two attached hydrogens (primary N) is 1. The van der Waals surface area contributed by atoms with Crippen molar-refractivity contribution in [3.63, 3.8) is 0 Å². The number of nitrogens with zero attached hydrogens (tertiary/aromatic N) is 2. The van der Waals surface area contributed by atoms with Crippen LogP contribution in [0.1, 0.15) is 18.5 Å². The molecule has 0 radical (unpaired) electrons. The van der Waals surface area contributed by atoms with Gasteiger partial charge in [0.05, 0.1) is 24.3 Å². The van der Waals surface area contributed by atoms with Crippen molar-refractivity contribution in [1.82, 2.24) is 9.88 Å². The van der Waals surface area contributed by atoms with Crippen LogP contribution in [0.4, 0.5) is 0 Å². The number of ether oxygens (including phenoxy) is 1. The van der Waals surface area contributed by atoms with Gasteiger partial charge in [0, 0.05) is 19.3 Å². The average Bonchev–Trinajstić information content (AvgIpc) is 2.41. The lowest BCUT2D eigenvalue weighted by Crippen LogP contribution is -2.55. The molecule has 3 rings (SSSR count). The minimum atomic E-state index is 0.177. The summed E-state index contributed by atoms with van der Waals surface area (Å²) in [6.07, 6.45) is 4.37. The van der Waals surface area contributed by atoms with Crippen LogP contribution in [0, 0.1) is 5.92 Å². The average molecular weight is 261 g/mol. The summed E-state index contributed by atoms with van der Waals surface area (Å²) in [5.74, 6) is 0.699. The molecule has 0 atom stereocenters. The minimum absolute atomic E-state index is 0.177. The van der Waals surface area contributed by atoms with Gasteiger partial charge in [-0.05, 0) is 44.0 Å². The highest BCUT2D eigenvalue weighted by Gasteiger charge is 2.48. The van der Waals surface area contributed by atoms with Crippen molar-refractivity contribution in [2.24, 2.45) is 11.7 Å².